The first kappa shape index (κ1) is 16.9. The SMILES string of the molecule is CCc1ccc(OB([O-])[O-])s1.[Na+].[Na+]. The van der Waals surface area contributed by atoms with Gasteiger partial charge in [-0.1, -0.05) is 6.92 Å². The van der Waals surface area contributed by atoms with Crippen LogP contribution in [0.25, 0.3) is 0 Å². The third-order valence-electron chi connectivity index (χ3n) is 1.20. The Morgan fingerprint density at radius 2 is 2.00 bits per heavy atom. The molecule has 0 saturated heterocycles. The van der Waals surface area contributed by atoms with Crippen LogP contribution in [0.4, 0.5) is 0 Å². The van der Waals surface area contributed by atoms with Gasteiger partial charge in [-0.25, -0.2) is 0 Å². The van der Waals surface area contributed by atoms with Gasteiger partial charge in [0.05, 0.1) is 0 Å². The number of hydrogen-bond donors (Lipinski definition) is 0. The Bertz CT molecular complexity index is 231. The van der Waals surface area contributed by atoms with E-state index in [0.717, 1.165) is 11.3 Å². The quantitative estimate of drug-likeness (QED) is 0.472. The maximum atomic E-state index is 10.0. The molecule has 1 rings (SSSR count). The summed E-state index contributed by atoms with van der Waals surface area (Å²) in [5.41, 5.74) is 0. The van der Waals surface area contributed by atoms with Crippen LogP contribution in [0.1, 0.15) is 11.8 Å². The first-order chi connectivity index (χ1) is 5.22. The predicted octanol–water partition coefficient (Wildman–Crippen LogP) is -6.60. The van der Waals surface area contributed by atoms with E-state index in [2.05, 4.69) is 4.65 Å². The molecule has 0 radical (unpaired) electrons. The fraction of sp³-hybridized carbons (Fsp3) is 0.333. The Morgan fingerprint density at radius 1 is 1.38 bits per heavy atom. The first-order valence-electron chi connectivity index (χ1n) is 3.29. The van der Waals surface area contributed by atoms with E-state index in [0.29, 0.717) is 5.06 Å². The van der Waals surface area contributed by atoms with Gasteiger partial charge in [-0.3, -0.25) is 0 Å². The van der Waals surface area contributed by atoms with E-state index >= 15 is 0 Å². The minimum atomic E-state index is -2.21. The minimum absolute atomic E-state index is 0. The van der Waals surface area contributed by atoms with Gasteiger partial charge in [-0.15, -0.1) is 11.3 Å². The fourth-order valence-corrected chi connectivity index (χ4v) is 1.51. The van der Waals surface area contributed by atoms with Gasteiger partial charge in [-0.2, -0.15) is 0 Å². The molecule has 0 bridgehead atoms. The van der Waals surface area contributed by atoms with Crippen LogP contribution in [0.3, 0.4) is 0 Å². The average molecular weight is 216 g/mol. The third kappa shape index (κ3) is 6.55. The zero-order valence-corrected chi connectivity index (χ0v) is 12.9. The van der Waals surface area contributed by atoms with Crippen LogP contribution in [0, 0.1) is 0 Å². The average Bonchev–Trinajstić information content (AvgIpc) is 2.34. The molecule has 0 aromatic carbocycles. The van der Waals surface area contributed by atoms with Crippen molar-refractivity contribution in [1.29, 1.82) is 0 Å². The van der Waals surface area contributed by atoms with E-state index in [1.54, 1.807) is 6.07 Å². The summed E-state index contributed by atoms with van der Waals surface area (Å²) in [6, 6.07) is 3.49. The van der Waals surface area contributed by atoms with Gasteiger partial charge in [-0.05, 0) is 18.6 Å². The van der Waals surface area contributed by atoms with Crippen LogP contribution in [-0.2, 0) is 6.42 Å². The molecule has 0 N–H and O–H groups in total. The summed E-state index contributed by atoms with van der Waals surface area (Å²) in [6.45, 7) is 2.00. The van der Waals surface area contributed by atoms with E-state index < -0.39 is 7.32 Å². The molecule has 0 amide bonds. The van der Waals surface area contributed by atoms with Crippen LogP contribution in [0.15, 0.2) is 12.1 Å². The third-order valence-corrected chi connectivity index (χ3v) is 2.32. The maximum Gasteiger partial charge on any atom is 1.00 e. The molecule has 0 unspecified atom stereocenters. The maximum absolute atomic E-state index is 10.0. The summed E-state index contributed by atoms with van der Waals surface area (Å²) < 4.78 is 4.40. The fourth-order valence-electron chi connectivity index (χ4n) is 0.706. The molecule has 1 heterocycles. The molecule has 0 aliphatic carbocycles. The summed E-state index contributed by atoms with van der Waals surface area (Å²) in [7, 11) is -2.21. The van der Waals surface area contributed by atoms with Crippen LogP contribution in [-0.4, -0.2) is 7.32 Å². The smallest absolute Gasteiger partial charge is 0.860 e. The number of hydrogen-bond acceptors (Lipinski definition) is 4. The first-order valence-corrected chi connectivity index (χ1v) is 4.11. The van der Waals surface area contributed by atoms with Gasteiger partial charge in [0.25, 0.3) is 0 Å². The zero-order valence-electron chi connectivity index (χ0n) is 8.07. The van der Waals surface area contributed by atoms with Crippen LogP contribution in [0.5, 0.6) is 5.06 Å². The summed E-state index contributed by atoms with van der Waals surface area (Å²) >= 11 is 1.34. The number of thiophene rings is 1. The summed E-state index contributed by atoms with van der Waals surface area (Å²) in [4.78, 5) is 1.11. The Kier molecular flexibility index (Phi) is 11.4. The van der Waals surface area contributed by atoms with Gasteiger partial charge < -0.3 is 14.7 Å². The summed E-state index contributed by atoms with van der Waals surface area (Å²) in [5, 5.41) is 20.5. The second kappa shape index (κ2) is 8.77. The van der Waals surface area contributed by atoms with Gasteiger partial charge in [0.15, 0.2) is 5.06 Å². The molecule has 0 aliphatic rings. The molecule has 60 valence electrons. The van der Waals surface area contributed by atoms with Crippen molar-refractivity contribution < 1.29 is 73.8 Å². The van der Waals surface area contributed by atoms with E-state index in [9.17, 15) is 10.0 Å². The van der Waals surface area contributed by atoms with Crippen molar-refractivity contribution in [2.75, 3.05) is 0 Å². The molecule has 13 heavy (non-hydrogen) atoms. The molecule has 1 aromatic rings. The molecular formula is C6H7BNa2O3S. The second-order valence-electron chi connectivity index (χ2n) is 1.98. The van der Waals surface area contributed by atoms with Crippen molar-refractivity contribution in [1.82, 2.24) is 0 Å². The van der Waals surface area contributed by atoms with Crippen molar-refractivity contribution in [3.63, 3.8) is 0 Å². The number of rotatable bonds is 3. The monoisotopic (exact) mass is 216 g/mol. The molecule has 0 fully saturated rings. The summed E-state index contributed by atoms with van der Waals surface area (Å²) in [6.07, 6.45) is 0.899. The molecule has 7 heteroatoms. The van der Waals surface area contributed by atoms with E-state index in [1.807, 2.05) is 13.0 Å². The Morgan fingerprint density at radius 3 is 2.38 bits per heavy atom. The standard InChI is InChI=1S/C6H7BO3S.2Na/c1-2-5-3-4-6(11-5)10-7(8)9;;/h3-4H,2H2,1H3;;/q-2;2*+1. The normalized spacial score (nSPS) is 8.23. The topological polar surface area (TPSA) is 55.3 Å². The Balaban J connectivity index is 0. The Labute approximate surface area is 126 Å². The van der Waals surface area contributed by atoms with Gasteiger partial charge in [0, 0.05) is 4.88 Å². The van der Waals surface area contributed by atoms with Gasteiger partial charge >= 0.3 is 59.1 Å². The largest absolute Gasteiger partial charge is 1.00 e. The zero-order chi connectivity index (χ0) is 8.27. The van der Waals surface area contributed by atoms with Gasteiger partial charge in [0.1, 0.15) is 7.32 Å². The predicted molar refractivity (Wildman–Crippen MR) is 40.1 cm³/mol. The van der Waals surface area contributed by atoms with E-state index in [-0.39, 0.29) is 59.1 Å². The minimum Gasteiger partial charge on any atom is -0.860 e. The van der Waals surface area contributed by atoms with Crippen molar-refractivity contribution in [2.24, 2.45) is 0 Å². The molecule has 0 spiro atoms. The summed E-state index contributed by atoms with van der Waals surface area (Å²) in [5.74, 6) is 0. The van der Waals surface area contributed by atoms with Crippen LogP contribution >= 0.6 is 11.3 Å². The number of aryl methyl sites for hydroxylation is 1. The molecule has 3 nitrogen and oxygen atoms in total. The van der Waals surface area contributed by atoms with Crippen LogP contribution < -0.4 is 73.8 Å². The van der Waals surface area contributed by atoms with E-state index in [4.69, 9.17) is 0 Å². The Hall–Kier alpha value is 1.48. The van der Waals surface area contributed by atoms with Crippen molar-refractivity contribution in [3.8, 4) is 5.06 Å². The molecule has 0 saturated carbocycles. The van der Waals surface area contributed by atoms with E-state index in [1.165, 1.54) is 11.3 Å². The second-order valence-corrected chi connectivity index (χ2v) is 3.11. The van der Waals surface area contributed by atoms with Crippen molar-refractivity contribution >= 4 is 18.7 Å². The van der Waals surface area contributed by atoms with Crippen molar-refractivity contribution in [2.45, 2.75) is 13.3 Å². The molecule has 0 atom stereocenters. The van der Waals surface area contributed by atoms with Crippen molar-refractivity contribution in [3.05, 3.63) is 17.0 Å². The molecular weight excluding hydrogens is 209 g/mol. The van der Waals surface area contributed by atoms with Gasteiger partial charge in [0.2, 0.25) is 0 Å². The molecule has 0 aliphatic heterocycles. The van der Waals surface area contributed by atoms with Crippen LogP contribution in [0.2, 0.25) is 0 Å². The molecule has 1 aromatic heterocycles.